The molecule has 3 heteroatoms. The molecule has 3 nitrogen and oxygen atoms in total. The Bertz CT molecular complexity index is 540. The second kappa shape index (κ2) is 5.57. The molecule has 19 heavy (non-hydrogen) atoms. The minimum Gasteiger partial charge on any atom is -0.314 e. The molecule has 2 aromatic rings. The molecule has 0 spiro atoms. The number of aryl methyl sites for hydroxylation is 1. The Morgan fingerprint density at radius 1 is 1.26 bits per heavy atom. The van der Waals surface area contributed by atoms with Gasteiger partial charge in [0, 0.05) is 12.2 Å². The maximum Gasteiger partial charge on any atom is 0.0662 e. The molecule has 0 atom stereocenters. The van der Waals surface area contributed by atoms with Crippen molar-refractivity contribution < 1.29 is 0 Å². The summed E-state index contributed by atoms with van der Waals surface area (Å²) in [7, 11) is 0. The van der Waals surface area contributed by atoms with Gasteiger partial charge in [-0.2, -0.15) is 5.10 Å². The average Bonchev–Trinajstić information content (AvgIpc) is 3.14. The summed E-state index contributed by atoms with van der Waals surface area (Å²) < 4.78 is 2.02. The van der Waals surface area contributed by atoms with E-state index >= 15 is 0 Å². The van der Waals surface area contributed by atoms with E-state index in [9.17, 15) is 0 Å². The molecule has 0 amide bonds. The van der Waals surface area contributed by atoms with Crippen molar-refractivity contribution in [2.75, 3.05) is 6.54 Å². The van der Waals surface area contributed by atoms with Crippen molar-refractivity contribution in [3.05, 3.63) is 53.3 Å². The second-order valence-corrected chi connectivity index (χ2v) is 5.46. The van der Waals surface area contributed by atoms with Gasteiger partial charge in [0.05, 0.1) is 12.7 Å². The van der Waals surface area contributed by atoms with Crippen LogP contribution in [0.4, 0.5) is 0 Å². The number of hydrogen-bond donors (Lipinski definition) is 1. The normalized spacial score (nSPS) is 14.8. The van der Waals surface area contributed by atoms with Crippen LogP contribution in [0.1, 0.15) is 29.5 Å². The molecule has 100 valence electrons. The largest absolute Gasteiger partial charge is 0.314 e. The second-order valence-electron chi connectivity index (χ2n) is 5.46. The van der Waals surface area contributed by atoms with Gasteiger partial charge in [-0.15, -0.1) is 0 Å². The van der Waals surface area contributed by atoms with Gasteiger partial charge in [0.15, 0.2) is 0 Å². The van der Waals surface area contributed by atoms with E-state index in [1.54, 1.807) is 0 Å². The number of hydrogen-bond acceptors (Lipinski definition) is 2. The van der Waals surface area contributed by atoms with Gasteiger partial charge in [0.25, 0.3) is 0 Å². The van der Waals surface area contributed by atoms with E-state index < -0.39 is 0 Å². The molecule has 1 heterocycles. The molecule has 0 radical (unpaired) electrons. The predicted octanol–water partition coefficient (Wildman–Crippen LogP) is 2.53. The minimum atomic E-state index is 0.793. The third-order valence-corrected chi connectivity index (χ3v) is 3.62. The number of benzene rings is 1. The first-order valence-corrected chi connectivity index (χ1v) is 7.10. The molecular formula is C16H21N3. The van der Waals surface area contributed by atoms with Crippen molar-refractivity contribution in [3.63, 3.8) is 0 Å². The summed E-state index contributed by atoms with van der Waals surface area (Å²) in [5.74, 6) is 0. The summed E-state index contributed by atoms with van der Waals surface area (Å²) in [6.07, 6.45) is 7.83. The highest BCUT2D eigenvalue weighted by Crippen LogP contribution is 2.18. The number of nitrogens with zero attached hydrogens (tertiary/aromatic N) is 2. The Labute approximate surface area is 114 Å². The van der Waals surface area contributed by atoms with E-state index in [1.165, 1.54) is 29.5 Å². The van der Waals surface area contributed by atoms with Crippen molar-refractivity contribution in [2.24, 2.45) is 0 Å². The van der Waals surface area contributed by atoms with E-state index in [0.29, 0.717) is 0 Å². The van der Waals surface area contributed by atoms with Crippen LogP contribution in [-0.4, -0.2) is 22.4 Å². The van der Waals surface area contributed by atoms with Crippen molar-refractivity contribution in [1.82, 2.24) is 15.1 Å². The summed E-state index contributed by atoms with van der Waals surface area (Å²) in [4.78, 5) is 0. The molecule has 0 unspecified atom stereocenters. The fraction of sp³-hybridized carbons (Fsp3) is 0.438. The summed E-state index contributed by atoms with van der Waals surface area (Å²) in [5.41, 5.74) is 4.03. The maximum atomic E-state index is 4.37. The zero-order valence-corrected chi connectivity index (χ0v) is 11.5. The van der Waals surface area contributed by atoms with Crippen LogP contribution in [0.2, 0.25) is 0 Å². The van der Waals surface area contributed by atoms with Gasteiger partial charge in [-0.25, -0.2) is 0 Å². The topological polar surface area (TPSA) is 29.9 Å². The number of rotatable bonds is 6. The van der Waals surface area contributed by atoms with Gasteiger partial charge < -0.3 is 5.32 Å². The predicted molar refractivity (Wildman–Crippen MR) is 77.2 cm³/mol. The summed E-state index contributed by atoms with van der Waals surface area (Å²) in [6, 6.07) is 9.48. The molecular weight excluding hydrogens is 234 g/mol. The standard InChI is InChI=1S/C16H21N3/c1-13-10-18-19(11-13)12-15-5-3-2-4-14(15)8-9-17-16-6-7-16/h2-5,10-11,16-17H,6-9,12H2,1H3. The molecule has 1 aliphatic carbocycles. The minimum absolute atomic E-state index is 0.793. The van der Waals surface area contributed by atoms with Crippen LogP contribution < -0.4 is 5.32 Å². The Kier molecular flexibility index (Phi) is 3.65. The van der Waals surface area contributed by atoms with Crippen LogP contribution in [-0.2, 0) is 13.0 Å². The van der Waals surface area contributed by atoms with Crippen molar-refractivity contribution >= 4 is 0 Å². The van der Waals surface area contributed by atoms with Crippen LogP contribution >= 0.6 is 0 Å². The smallest absolute Gasteiger partial charge is 0.0662 e. The highest BCUT2D eigenvalue weighted by molar-refractivity contribution is 5.27. The first kappa shape index (κ1) is 12.4. The zero-order valence-electron chi connectivity index (χ0n) is 11.5. The number of aromatic nitrogens is 2. The van der Waals surface area contributed by atoms with E-state index in [4.69, 9.17) is 0 Å². The molecule has 3 rings (SSSR count). The average molecular weight is 255 g/mol. The van der Waals surface area contributed by atoms with Gasteiger partial charge in [0.1, 0.15) is 0 Å². The van der Waals surface area contributed by atoms with Crippen LogP contribution in [0, 0.1) is 6.92 Å². The lowest BCUT2D eigenvalue weighted by atomic mass is 10.0. The lowest BCUT2D eigenvalue weighted by molar-refractivity contribution is 0.659. The van der Waals surface area contributed by atoms with E-state index in [-0.39, 0.29) is 0 Å². The SMILES string of the molecule is Cc1cnn(Cc2ccccc2CCNC2CC2)c1. The number of nitrogens with one attached hydrogen (secondary N) is 1. The quantitative estimate of drug-likeness (QED) is 0.859. The molecule has 1 aromatic heterocycles. The summed E-state index contributed by atoms with van der Waals surface area (Å²) in [6.45, 7) is 4.03. The van der Waals surface area contributed by atoms with E-state index in [2.05, 4.69) is 47.8 Å². The van der Waals surface area contributed by atoms with E-state index in [1.807, 2.05) is 10.9 Å². The highest BCUT2D eigenvalue weighted by atomic mass is 15.3. The van der Waals surface area contributed by atoms with Crippen molar-refractivity contribution in [3.8, 4) is 0 Å². The van der Waals surface area contributed by atoms with Gasteiger partial charge in [-0.3, -0.25) is 4.68 Å². The lowest BCUT2D eigenvalue weighted by Gasteiger charge is -2.10. The summed E-state index contributed by atoms with van der Waals surface area (Å²) >= 11 is 0. The maximum absolute atomic E-state index is 4.37. The lowest BCUT2D eigenvalue weighted by Crippen LogP contribution is -2.20. The van der Waals surface area contributed by atoms with Crippen molar-refractivity contribution in [1.29, 1.82) is 0 Å². The van der Waals surface area contributed by atoms with Crippen LogP contribution in [0.25, 0.3) is 0 Å². The fourth-order valence-electron chi connectivity index (χ4n) is 2.38. The molecule has 0 aliphatic heterocycles. The van der Waals surface area contributed by atoms with Gasteiger partial charge in [-0.05, 0) is 49.4 Å². The van der Waals surface area contributed by atoms with Gasteiger partial charge in [0.2, 0.25) is 0 Å². The first-order valence-electron chi connectivity index (χ1n) is 7.10. The third kappa shape index (κ3) is 3.44. The van der Waals surface area contributed by atoms with Gasteiger partial charge in [-0.1, -0.05) is 24.3 Å². The molecule has 1 fully saturated rings. The van der Waals surface area contributed by atoms with Crippen LogP contribution in [0.5, 0.6) is 0 Å². The monoisotopic (exact) mass is 255 g/mol. The Morgan fingerprint density at radius 3 is 2.74 bits per heavy atom. The third-order valence-electron chi connectivity index (χ3n) is 3.62. The molecule has 1 saturated carbocycles. The molecule has 1 aliphatic rings. The van der Waals surface area contributed by atoms with Crippen LogP contribution in [0.15, 0.2) is 36.7 Å². The zero-order chi connectivity index (χ0) is 13.1. The summed E-state index contributed by atoms with van der Waals surface area (Å²) in [5, 5.41) is 7.95. The first-order chi connectivity index (χ1) is 9.31. The Morgan fingerprint density at radius 2 is 2.05 bits per heavy atom. The fourth-order valence-corrected chi connectivity index (χ4v) is 2.38. The Balaban J connectivity index is 1.65. The van der Waals surface area contributed by atoms with Gasteiger partial charge >= 0.3 is 0 Å². The van der Waals surface area contributed by atoms with Crippen LogP contribution in [0.3, 0.4) is 0 Å². The molecule has 1 N–H and O–H groups in total. The van der Waals surface area contributed by atoms with E-state index in [0.717, 1.165) is 25.6 Å². The Hall–Kier alpha value is -1.61. The molecule has 0 saturated heterocycles. The van der Waals surface area contributed by atoms with Crippen molar-refractivity contribution in [2.45, 2.75) is 38.8 Å². The highest BCUT2D eigenvalue weighted by Gasteiger charge is 2.19. The molecule has 0 bridgehead atoms. The molecule has 1 aromatic carbocycles.